The molecule has 0 spiro atoms. The van der Waals surface area contributed by atoms with Gasteiger partial charge in [0.05, 0.1) is 0 Å². The summed E-state index contributed by atoms with van der Waals surface area (Å²) in [6.45, 7) is 1.47. The topological polar surface area (TPSA) is 89.8 Å². The number of aliphatic carboxylic acids is 1. The van der Waals surface area contributed by atoms with Crippen LogP contribution in [0.5, 0.6) is 11.5 Å². The third-order valence-corrected chi connectivity index (χ3v) is 3.08. The van der Waals surface area contributed by atoms with Crippen molar-refractivity contribution in [2.24, 2.45) is 0 Å². The zero-order valence-electron chi connectivity index (χ0n) is 10.9. The number of phenols is 2. The van der Waals surface area contributed by atoms with Crippen molar-refractivity contribution in [2.45, 2.75) is 12.5 Å². The minimum atomic E-state index is -1.47. The maximum absolute atomic E-state index is 11.6. The Balaban J connectivity index is 2.46. The number of hydrogen-bond acceptors (Lipinski definition) is 4. The molecule has 0 saturated heterocycles. The van der Waals surface area contributed by atoms with Gasteiger partial charge in [-0.3, -0.25) is 0 Å². The second-order valence-electron chi connectivity index (χ2n) is 4.66. The van der Waals surface area contributed by atoms with Gasteiger partial charge < -0.3 is 20.6 Å². The van der Waals surface area contributed by atoms with Gasteiger partial charge in [-0.15, -0.1) is 0 Å². The number of phenolic OH excluding ortho intramolecular Hbond substituents is 2. The van der Waals surface area contributed by atoms with E-state index in [4.69, 9.17) is 0 Å². The monoisotopic (exact) mass is 273 g/mol. The molecule has 5 heteroatoms. The van der Waals surface area contributed by atoms with E-state index < -0.39 is 11.5 Å². The van der Waals surface area contributed by atoms with Gasteiger partial charge in [0, 0.05) is 11.8 Å². The maximum atomic E-state index is 11.6. The molecule has 0 amide bonds. The molecule has 4 N–H and O–H groups in total. The second-order valence-corrected chi connectivity index (χ2v) is 4.66. The van der Waals surface area contributed by atoms with Crippen LogP contribution in [0.2, 0.25) is 0 Å². The zero-order valence-corrected chi connectivity index (χ0v) is 10.9. The highest BCUT2D eigenvalue weighted by atomic mass is 16.4. The van der Waals surface area contributed by atoms with Crippen molar-refractivity contribution in [1.29, 1.82) is 0 Å². The first-order valence-electron chi connectivity index (χ1n) is 6.02. The van der Waals surface area contributed by atoms with E-state index in [2.05, 4.69) is 5.32 Å². The molecule has 5 nitrogen and oxygen atoms in total. The van der Waals surface area contributed by atoms with Crippen LogP contribution in [0.15, 0.2) is 48.5 Å². The molecule has 0 aliphatic heterocycles. The molecule has 2 aromatic carbocycles. The Labute approximate surface area is 116 Å². The van der Waals surface area contributed by atoms with Crippen molar-refractivity contribution in [1.82, 2.24) is 0 Å². The Morgan fingerprint density at radius 2 is 1.60 bits per heavy atom. The number of carboxylic acids is 1. The quantitative estimate of drug-likeness (QED) is 0.687. The molecule has 1 unspecified atom stereocenters. The van der Waals surface area contributed by atoms with Crippen LogP contribution < -0.4 is 5.32 Å². The summed E-state index contributed by atoms with van der Waals surface area (Å²) in [4.78, 5) is 11.6. The molecule has 0 bridgehead atoms. The van der Waals surface area contributed by atoms with Crippen molar-refractivity contribution in [3.05, 3.63) is 54.1 Å². The van der Waals surface area contributed by atoms with Gasteiger partial charge in [0.25, 0.3) is 0 Å². The molecule has 20 heavy (non-hydrogen) atoms. The predicted molar refractivity (Wildman–Crippen MR) is 74.8 cm³/mol. The summed E-state index contributed by atoms with van der Waals surface area (Å²) in [5.74, 6) is -1.50. The fraction of sp³-hybridized carbons (Fsp3) is 0.133. The van der Waals surface area contributed by atoms with Gasteiger partial charge in [-0.25, -0.2) is 4.79 Å². The van der Waals surface area contributed by atoms with E-state index in [1.54, 1.807) is 24.3 Å². The Kier molecular flexibility index (Phi) is 3.52. The number of carboxylic acid groups (broad SMARTS) is 1. The Hall–Kier alpha value is -2.69. The van der Waals surface area contributed by atoms with Crippen molar-refractivity contribution in [2.75, 3.05) is 5.32 Å². The number of anilines is 1. The molecule has 2 aromatic rings. The molecule has 0 saturated carbocycles. The Morgan fingerprint density at radius 3 is 2.10 bits per heavy atom. The highest BCUT2D eigenvalue weighted by Gasteiger charge is 2.36. The second kappa shape index (κ2) is 5.13. The van der Waals surface area contributed by atoms with Crippen molar-refractivity contribution in [3.63, 3.8) is 0 Å². The first-order chi connectivity index (χ1) is 9.41. The van der Waals surface area contributed by atoms with Crippen LogP contribution in [0, 0.1) is 0 Å². The number of carbonyl (C=O) groups is 1. The normalized spacial score (nSPS) is 13.4. The molecule has 0 aromatic heterocycles. The van der Waals surface area contributed by atoms with Gasteiger partial charge >= 0.3 is 5.97 Å². The van der Waals surface area contributed by atoms with E-state index in [1.807, 2.05) is 6.07 Å². The summed E-state index contributed by atoms with van der Waals surface area (Å²) in [6.07, 6.45) is 0. The summed E-state index contributed by atoms with van der Waals surface area (Å²) in [5, 5.41) is 31.5. The number of aromatic hydroxyl groups is 2. The van der Waals surface area contributed by atoms with Crippen LogP contribution in [-0.4, -0.2) is 21.3 Å². The highest BCUT2D eigenvalue weighted by molar-refractivity contribution is 5.84. The zero-order chi connectivity index (χ0) is 14.8. The van der Waals surface area contributed by atoms with Crippen LogP contribution in [0.25, 0.3) is 0 Å². The van der Waals surface area contributed by atoms with Crippen LogP contribution in [0.3, 0.4) is 0 Å². The molecular weight excluding hydrogens is 258 g/mol. The van der Waals surface area contributed by atoms with Crippen molar-refractivity contribution < 1.29 is 20.1 Å². The Morgan fingerprint density at radius 1 is 1.05 bits per heavy atom. The lowest BCUT2D eigenvalue weighted by Gasteiger charge is -2.28. The van der Waals surface area contributed by atoms with Gasteiger partial charge in [-0.1, -0.05) is 18.2 Å². The highest BCUT2D eigenvalue weighted by Crippen LogP contribution is 2.31. The van der Waals surface area contributed by atoms with Gasteiger partial charge in [-0.2, -0.15) is 0 Å². The summed E-state index contributed by atoms with van der Waals surface area (Å²) in [6, 6.07) is 12.6. The molecule has 0 heterocycles. The first-order valence-corrected chi connectivity index (χ1v) is 6.02. The average molecular weight is 273 g/mol. The molecule has 0 radical (unpaired) electrons. The maximum Gasteiger partial charge on any atom is 0.333 e. The largest absolute Gasteiger partial charge is 0.508 e. The van der Waals surface area contributed by atoms with E-state index in [0.717, 1.165) is 6.07 Å². The van der Waals surface area contributed by atoms with Crippen molar-refractivity contribution in [3.8, 4) is 11.5 Å². The van der Waals surface area contributed by atoms with E-state index in [0.29, 0.717) is 5.69 Å². The summed E-state index contributed by atoms with van der Waals surface area (Å²) < 4.78 is 0. The van der Waals surface area contributed by atoms with Gasteiger partial charge in [0.15, 0.2) is 5.54 Å². The van der Waals surface area contributed by atoms with Gasteiger partial charge in [0.2, 0.25) is 0 Å². The van der Waals surface area contributed by atoms with E-state index in [1.165, 1.54) is 19.1 Å². The molecular formula is C15H15NO4. The van der Waals surface area contributed by atoms with E-state index >= 15 is 0 Å². The lowest BCUT2D eigenvalue weighted by molar-refractivity contribution is -0.142. The van der Waals surface area contributed by atoms with Gasteiger partial charge in [-0.05, 0) is 36.8 Å². The smallest absolute Gasteiger partial charge is 0.333 e. The van der Waals surface area contributed by atoms with E-state index in [9.17, 15) is 20.1 Å². The summed E-state index contributed by atoms with van der Waals surface area (Å²) in [7, 11) is 0. The fourth-order valence-electron chi connectivity index (χ4n) is 1.94. The van der Waals surface area contributed by atoms with Crippen LogP contribution >= 0.6 is 0 Å². The number of hydrogen-bond donors (Lipinski definition) is 4. The number of rotatable bonds is 4. The standard InChI is InChI=1S/C15H15NO4/c1-15(14(19)20,16-11-5-3-2-4-6-11)10-7-12(17)9-13(18)8-10/h2-9,16-18H,1H3,(H,19,20). The van der Waals surface area contributed by atoms with Gasteiger partial charge in [0.1, 0.15) is 11.5 Å². The molecule has 2 rings (SSSR count). The lowest BCUT2D eigenvalue weighted by Crippen LogP contribution is -2.40. The molecule has 104 valence electrons. The molecule has 1 atom stereocenters. The van der Waals surface area contributed by atoms with Crippen LogP contribution in [-0.2, 0) is 10.3 Å². The fourth-order valence-corrected chi connectivity index (χ4v) is 1.94. The van der Waals surface area contributed by atoms with Crippen molar-refractivity contribution >= 4 is 11.7 Å². The molecule has 0 fully saturated rings. The lowest BCUT2D eigenvalue weighted by atomic mass is 9.91. The third-order valence-electron chi connectivity index (χ3n) is 3.08. The minimum absolute atomic E-state index is 0.192. The van der Waals surface area contributed by atoms with E-state index in [-0.39, 0.29) is 17.1 Å². The number of nitrogens with one attached hydrogen (secondary N) is 1. The summed E-state index contributed by atoms with van der Waals surface area (Å²) >= 11 is 0. The predicted octanol–water partition coefficient (Wildman–Crippen LogP) is 2.51. The van der Waals surface area contributed by atoms with Crippen LogP contribution in [0.1, 0.15) is 12.5 Å². The molecule has 0 aliphatic carbocycles. The third kappa shape index (κ3) is 2.66. The minimum Gasteiger partial charge on any atom is -0.508 e. The average Bonchev–Trinajstić information content (AvgIpc) is 2.38. The SMILES string of the molecule is CC(Nc1ccccc1)(C(=O)O)c1cc(O)cc(O)c1. The number of para-hydroxylation sites is 1. The first kappa shape index (κ1) is 13.7. The molecule has 0 aliphatic rings. The van der Waals surface area contributed by atoms with Crippen LogP contribution in [0.4, 0.5) is 5.69 Å². The number of benzene rings is 2. The summed E-state index contributed by atoms with van der Waals surface area (Å²) in [5.41, 5.74) is -0.594. The Bertz CT molecular complexity index is 607.